The zero-order valence-electron chi connectivity index (χ0n) is 20.8. The summed E-state index contributed by atoms with van der Waals surface area (Å²) in [4.78, 5) is 38.8. The van der Waals surface area contributed by atoms with Crippen LogP contribution in [0.1, 0.15) is 43.1 Å². The molecule has 0 bridgehead atoms. The largest absolute Gasteiger partial charge is 0.349 e. The molecule has 3 aromatic rings. The monoisotopic (exact) mass is 484 g/mol. The fourth-order valence-corrected chi connectivity index (χ4v) is 4.88. The highest BCUT2D eigenvalue weighted by Crippen LogP contribution is 2.33. The maximum absolute atomic E-state index is 13.1. The van der Waals surface area contributed by atoms with Crippen molar-refractivity contribution in [3.05, 3.63) is 63.7 Å². The highest BCUT2D eigenvalue weighted by Gasteiger charge is 2.39. The topological polar surface area (TPSA) is 131 Å². The molecule has 0 saturated carbocycles. The lowest BCUT2D eigenvalue weighted by molar-refractivity contribution is -0.127. The molecule has 1 unspecified atom stereocenters. The zero-order chi connectivity index (χ0) is 26.0. The van der Waals surface area contributed by atoms with Gasteiger partial charge in [-0.1, -0.05) is 36.8 Å². The molecule has 1 saturated heterocycles. The van der Waals surface area contributed by atoms with Crippen molar-refractivity contribution in [2.75, 3.05) is 18.0 Å². The van der Waals surface area contributed by atoms with Crippen molar-refractivity contribution < 1.29 is 4.79 Å². The van der Waals surface area contributed by atoms with Gasteiger partial charge in [0.25, 0.3) is 5.91 Å². The molecule has 3 heterocycles. The molecule has 0 radical (unpaired) electrons. The number of rotatable bonds is 5. The first-order valence-electron chi connectivity index (χ1n) is 11.8. The van der Waals surface area contributed by atoms with Crippen molar-refractivity contribution in [2.24, 2.45) is 7.05 Å². The van der Waals surface area contributed by atoms with E-state index in [1.165, 1.54) is 4.57 Å². The fourth-order valence-electron chi connectivity index (χ4n) is 4.88. The van der Waals surface area contributed by atoms with Gasteiger partial charge in [-0.25, -0.2) is 9.78 Å². The van der Waals surface area contributed by atoms with Gasteiger partial charge in [-0.05, 0) is 38.0 Å². The Kier molecular flexibility index (Phi) is 7.00. The van der Waals surface area contributed by atoms with Crippen LogP contribution in [0.2, 0.25) is 0 Å². The minimum absolute atomic E-state index is 0.0722. The van der Waals surface area contributed by atoms with Crippen molar-refractivity contribution >= 4 is 22.8 Å². The van der Waals surface area contributed by atoms with E-state index >= 15 is 0 Å². The van der Waals surface area contributed by atoms with Crippen LogP contribution in [-0.2, 0) is 11.8 Å². The van der Waals surface area contributed by atoms with Crippen LogP contribution in [-0.4, -0.2) is 50.5 Å². The third kappa shape index (κ3) is 4.51. The Morgan fingerprint density at radius 2 is 1.89 bits per heavy atom. The second-order valence-corrected chi connectivity index (χ2v) is 9.13. The van der Waals surface area contributed by atoms with Crippen molar-refractivity contribution in [3.63, 3.8) is 0 Å². The number of carbonyl (C=O) groups excluding carboxylic acids is 1. The molecule has 1 aliphatic rings. The van der Waals surface area contributed by atoms with Gasteiger partial charge in [0.1, 0.15) is 23.3 Å². The van der Waals surface area contributed by atoms with Crippen molar-refractivity contribution in [1.29, 1.82) is 10.5 Å². The molecule has 3 atom stereocenters. The van der Waals surface area contributed by atoms with E-state index in [-0.39, 0.29) is 23.7 Å². The fraction of sp³-hybridized carbons (Fsp3) is 0.385. The van der Waals surface area contributed by atoms with E-state index in [4.69, 9.17) is 5.26 Å². The van der Waals surface area contributed by atoms with E-state index in [1.807, 2.05) is 49.9 Å². The van der Waals surface area contributed by atoms with E-state index < -0.39 is 11.7 Å². The standard InChI is InChI=1S/C26H28N8O2/c1-5-20-14-33(24-22-21(32(4)26(36)31-24)11-10-19(12-27)30-22)17(3)13-34(20)23(25(35)29-15-28)18-8-6-16(2)7-9-18/h6-11,17,20,23H,5,13-14H2,1-4H3,(H,29,35)/t17-,20+,23?/m0/s1. The Balaban J connectivity index is 1.77. The summed E-state index contributed by atoms with van der Waals surface area (Å²) in [5, 5.41) is 20.9. The number of aryl methyl sites for hydroxylation is 2. The number of aromatic nitrogens is 3. The molecule has 1 fully saturated rings. The first-order chi connectivity index (χ1) is 17.3. The molecule has 4 rings (SSSR count). The van der Waals surface area contributed by atoms with Crippen LogP contribution in [0.15, 0.2) is 41.2 Å². The summed E-state index contributed by atoms with van der Waals surface area (Å²) in [5.74, 6) is 0.0575. The van der Waals surface area contributed by atoms with Crippen LogP contribution in [0.5, 0.6) is 0 Å². The van der Waals surface area contributed by atoms with Gasteiger partial charge < -0.3 is 4.90 Å². The van der Waals surface area contributed by atoms with Gasteiger partial charge in [0.15, 0.2) is 12.0 Å². The number of piperazine rings is 1. The van der Waals surface area contributed by atoms with Gasteiger partial charge in [0.05, 0.1) is 5.52 Å². The van der Waals surface area contributed by atoms with E-state index in [0.29, 0.717) is 29.9 Å². The summed E-state index contributed by atoms with van der Waals surface area (Å²) >= 11 is 0. The Hall–Kier alpha value is -4.28. The maximum atomic E-state index is 13.1. The van der Waals surface area contributed by atoms with Crippen LogP contribution in [0.3, 0.4) is 0 Å². The summed E-state index contributed by atoms with van der Waals surface area (Å²) in [7, 11) is 1.63. The molecule has 36 heavy (non-hydrogen) atoms. The molecule has 1 aromatic carbocycles. The zero-order valence-corrected chi connectivity index (χ0v) is 20.8. The molecular weight excluding hydrogens is 456 g/mol. The number of nitriles is 2. The molecule has 1 N–H and O–H groups in total. The highest BCUT2D eigenvalue weighted by atomic mass is 16.2. The normalized spacial score (nSPS) is 18.9. The van der Waals surface area contributed by atoms with Crippen LogP contribution >= 0.6 is 0 Å². The molecule has 1 amide bonds. The van der Waals surface area contributed by atoms with E-state index in [2.05, 4.69) is 26.3 Å². The second-order valence-electron chi connectivity index (χ2n) is 9.13. The number of anilines is 1. The Morgan fingerprint density at radius 3 is 2.53 bits per heavy atom. The minimum Gasteiger partial charge on any atom is -0.349 e. The maximum Gasteiger partial charge on any atom is 0.349 e. The highest BCUT2D eigenvalue weighted by molar-refractivity contribution is 5.87. The van der Waals surface area contributed by atoms with Gasteiger partial charge in [0.2, 0.25) is 0 Å². The van der Waals surface area contributed by atoms with Crippen molar-refractivity contribution in [2.45, 2.75) is 45.3 Å². The van der Waals surface area contributed by atoms with Crippen molar-refractivity contribution in [1.82, 2.24) is 24.8 Å². The Morgan fingerprint density at radius 1 is 1.17 bits per heavy atom. The third-order valence-corrected chi connectivity index (χ3v) is 6.83. The molecule has 2 aromatic heterocycles. The van der Waals surface area contributed by atoms with Gasteiger partial charge in [-0.15, -0.1) is 0 Å². The predicted molar refractivity (Wildman–Crippen MR) is 135 cm³/mol. The lowest BCUT2D eigenvalue weighted by Gasteiger charge is -2.48. The van der Waals surface area contributed by atoms with Crippen LogP contribution in [0, 0.1) is 29.7 Å². The third-order valence-electron chi connectivity index (χ3n) is 6.83. The number of nitrogens with zero attached hydrogens (tertiary/aromatic N) is 7. The summed E-state index contributed by atoms with van der Waals surface area (Å²) < 4.78 is 1.42. The molecule has 184 valence electrons. The number of nitrogens with one attached hydrogen (secondary N) is 1. The van der Waals surface area contributed by atoms with Crippen molar-refractivity contribution in [3.8, 4) is 12.3 Å². The first-order valence-corrected chi connectivity index (χ1v) is 11.8. The molecule has 0 aliphatic carbocycles. The van der Waals surface area contributed by atoms with Gasteiger partial charge in [-0.2, -0.15) is 15.5 Å². The number of hydrogen-bond donors (Lipinski definition) is 1. The number of benzene rings is 1. The molecule has 0 spiro atoms. The average molecular weight is 485 g/mol. The van der Waals surface area contributed by atoms with Crippen LogP contribution in [0.25, 0.3) is 11.0 Å². The second kappa shape index (κ2) is 10.1. The Bertz CT molecular complexity index is 1430. The van der Waals surface area contributed by atoms with Gasteiger partial charge in [-0.3, -0.25) is 19.6 Å². The number of pyridine rings is 1. The summed E-state index contributed by atoms with van der Waals surface area (Å²) in [6, 6.07) is 12.3. The summed E-state index contributed by atoms with van der Waals surface area (Å²) in [6.07, 6.45) is 2.50. The molecular formula is C26H28N8O2. The Labute approximate surface area is 209 Å². The van der Waals surface area contributed by atoms with E-state index in [9.17, 15) is 14.9 Å². The lowest BCUT2D eigenvalue weighted by atomic mass is 9.96. The number of carbonyl (C=O) groups is 1. The molecule has 1 aliphatic heterocycles. The quantitative estimate of drug-likeness (QED) is 0.430. The average Bonchev–Trinajstić information content (AvgIpc) is 2.87. The van der Waals surface area contributed by atoms with E-state index in [0.717, 1.165) is 17.5 Å². The minimum atomic E-state index is -0.642. The molecule has 10 heteroatoms. The summed E-state index contributed by atoms with van der Waals surface area (Å²) in [6.45, 7) is 7.02. The smallest absolute Gasteiger partial charge is 0.349 e. The van der Waals surface area contributed by atoms with Crippen LogP contribution < -0.4 is 15.9 Å². The first kappa shape index (κ1) is 24.8. The van der Waals surface area contributed by atoms with Gasteiger partial charge in [0, 0.05) is 32.2 Å². The van der Waals surface area contributed by atoms with Gasteiger partial charge >= 0.3 is 5.69 Å². The SMILES string of the molecule is CC[C@@H]1CN(c2nc(=O)n(C)c3ccc(C#N)nc23)[C@@H](C)CN1C(C(=O)NC#N)c1ccc(C)cc1. The predicted octanol–water partition coefficient (Wildman–Crippen LogP) is 2.14. The lowest BCUT2D eigenvalue weighted by Crippen LogP contribution is -2.60. The summed E-state index contributed by atoms with van der Waals surface area (Å²) in [5.41, 5.74) is 2.81. The number of amides is 1. The van der Waals surface area contributed by atoms with E-state index in [1.54, 1.807) is 25.4 Å². The van der Waals surface area contributed by atoms with Crippen LogP contribution in [0.4, 0.5) is 5.82 Å². The molecule has 10 nitrogen and oxygen atoms in total. The number of hydrogen-bond acceptors (Lipinski definition) is 8. The number of fused-ring (bicyclic) bond motifs is 1.